The number of halogens is 1. The normalized spacial score (nSPS) is 14.4. The van der Waals surface area contributed by atoms with Crippen LogP contribution in [0.1, 0.15) is 48.0 Å². The molecule has 6 heteroatoms. The molecule has 2 aromatic rings. The average molecular weight is 415 g/mol. The van der Waals surface area contributed by atoms with E-state index in [0.717, 1.165) is 37.8 Å². The van der Waals surface area contributed by atoms with E-state index in [-0.39, 0.29) is 11.8 Å². The molecule has 29 heavy (non-hydrogen) atoms. The molecule has 154 valence electrons. The topological polar surface area (TPSA) is 58.6 Å². The summed E-state index contributed by atoms with van der Waals surface area (Å²) < 4.78 is 5.86. The molecule has 3 rings (SSSR count). The molecule has 0 aliphatic carbocycles. The SMILES string of the molecule is O=C(NCCCN1CCCCCC1=O)c1ccccc1OCc1ccccc1Cl. The molecule has 0 bridgehead atoms. The number of para-hydroxylation sites is 1. The maximum Gasteiger partial charge on any atom is 0.255 e. The van der Waals surface area contributed by atoms with E-state index in [1.54, 1.807) is 12.1 Å². The van der Waals surface area contributed by atoms with Crippen LogP contribution in [0, 0.1) is 0 Å². The first kappa shape index (κ1) is 21.2. The number of carbonyl (C=O) groups excluding carboxylic acids is 2. The number of rotatable bonds is 8. The lowest BCUT2D eigenvalue weighted by Crippen LogP contribution is -2.34. The Hall–Kier alpha value is -2.53. The number of hydrogen-bond acceptors (Lipinski definition) is 3. The van der Waals surface area contributed by atoms with Crippen molar-refractivity contribution in [3.05, 3.63) is 64.7 Å². The second-order valence-corrected chi connectivity index (χ2v) is 7.58. The van der Waals surface area contributed by atoms with E-state index in [9.17, 15) is 9.59 Å². The number of benzene rings is 2. The van der Waals surface area contributed by atoms with Crippen LogP contribution in [0.25, 0.3) is 0 Å². The minimum atomic E-state index is -0.179. The highest BCUT2D eigenvalue weighted by molar-refractivity contribution is 6.31. The zero-order valence-corrected chi connectivity index (χ0v) is 17.3. The van der Waals surface area contributed by atoms with Crippen LogP contribution in [-0.4, -0.2) is 36.3 Å². The first-order chi connectivity index (χ1) is 14.1. The third-order valence-electron chi connectivity index (χ3n) is 5.03. The van der Waals surface area contributed by atoms with Gasteiger partial charge in [0.1, 0.15) is 12.4 Å². The molecule has 0 spiro atoms. The summed E-state index contributed by atoms with van der Waals surface area (Å²) in [5, 5.41) is 3.57. The number of amides is 2. The summed E-state index contributed by atoms with van der Waals surface area (Å²) >= 11 is 6.17. The Labute approximate surface area is 177 Å². The molecule has 0 aromatic heterocycles. The fourth-order valence-electron chi connectivity index (χ4n) is 3.39. The van der Waals surface area contributed by atoms with Gasteiger partial charge in [-0.2, -0.15) is 0 Å². The molecular weight excluding hydrogens is 388 g/mol. The minimum Gasteiger partial charge on any atom is -0.488 e. The predicted octanol–water partition coefficient (Wildman–Crippen LogP) is 4.44. The summed E-state index contributed by atoms with van der Waals surface area (Å²) in [6.45, 7) is 2.32. The molecule has 0 unspecified atom stereocenters. The smallest absolute Gasteiger partial charge is 0.255 e. The van der Waals surface area contributed by atoms with Gasteiger partial charge < -0.3 is 15.0 Å². The maximum atomic E-state index is 12.6. The Kier molecular flexibility index (Phi) is 7.94. The zero-order chi connectivity index (χ0) is 20.5. The summed E-state index contributed by atoms with van der Waals surface area (Å²) in [7, 11) is 0. The molecule has 1 N–H and O–H groups in total. The van der Waals surface area contributed by atoms with E-state index in [0.29, 0.717) is 42.5 Å². The van der Waals surface area contributed by atoms with Crippen LogP contribution in [0.4, 0.5) is 0 Å². The van der Waals surface area contributed by atoms with Crippen molar-refractivity contribution in [3.8, 4) is 5.75 Å². The molecule has 1 fully saturated rings. The van der Waals surface area contributed by atoms with Crippen LogP contribution >= 0.6 is 11.6 Å². The molecule has 0 radical (unpaired) electrons. The van der Waals surface area contributed by atoms with Gasteiger partial charge >= 0.3 is 0 Å². The van der Waals surface area contributed by atoms with E-state index in [1.807, 2.05) is 41.3 Å². The molecule has 2 amide bonds. The van der Waals surface area contributed by atoms with Gasteiger partial charge in [-0.15, -0.1) is 0 Å². The third kappa shape index (κ3) is 6.23. The molecule has 2 aromatic carbocycles. The lowest BCUT2D eigenvalue weighted by Gasteiger charge is -2.20. The Bertz CT molecular complexity index is 840. The van der Waals surface area contributed by atoms with Crippen LogP contribution in [-0.2, 0) is 11.4 Å². The van der Waals surface area contributed by atoms with Crippen LogP contribution in [0.2, 0.25) is 5.02 Å². The molecular formula is C23H27ClN2O3. The molecule has 1 aliphatic heterocycles. The lowest BCUT2D eigenvalue weighted by atomic mass is 10.2. The number of nitrogens with one attached hydrogen (secondary N) is 1. The van der Waals surface area contributed by atoms with E-state index in [2.05, 4.69) is 5.32 Å². The summed E-state index contributed by atoms with van der Waals surface area (Å²) in [4.78, 5) is 26.6. The van der Waals surface area contributed by atoms with Gasteiger partial charge in [-0.1, -0.05) is 48.4 Å². The molecule has 5 nitrogen and oxygen atoms in total. The summed E-state index contributed by atoms with van der Waals surface area (Å²) in [6.07, 6.45) is 4.54. The molecule has 1 aliphatic rings. The number of nitrogens with zero attached hydrogens (tertiary/aromatic N) is 1. The van der Waals surface area contributed by atoms with E-state index in [1.165, 1.54) is 0 Å². The molecule has 0 saturated carbocycles. The van der Waals surface area contributed by atoms with E-state index < -0.39 is 0 Å². The van der Waals surface area contributed by atoms with Crippen molar-refractivity contribution >= 4 is 23.4 Å². The van der Waals surface area contributed by atoms with Crippen molar-refractivity contribution in [2.45, 2.75) is 38.7 Å². The second kappa shape index (κ2) is 10.9. The van der Waals surface area contributed by atoms with Gasteiger partial charge in [-0.05, 0) is 37.5 Å². The highest BCUT2D eigenvalue weighted by atomic mass is 35.5. The van der Waals surface area contributed by atoms with Gasteiger partial charge in [-0.3, -0.25) is 9.59 Å². The van der Waals surface area contributed by atoms with Crippen molar-refractivity contribution in [3.63, 3.8) is 0 Å². The van der Waals surface area contributed by atoms with E-state index >= 15 is 0 Å². The van der Waals surface area contributed by atoms with E-state index in [4.69, 9.17) is 16.3 Å². The Morgan fingerprint density at radius 1 is 1.07 bits per heavy atom. The highest BCUT2D eigenvalue weighted by Gasteiger charge is 2.16. The number of carbonyl (C=O) groups is 2. The van der Waals surface area contributed by atoms with Crippen LogP contribution in [0.15, 0.2) is 48.5 Å². The monoisotopic (exact) mass is 414 g/mol. The minimum absolute atomic E-state index is 0.179. The fraction of sp³-hybridized carbons (Fsp3) is 0.391. The van der Waals surface area contributed by atoms with Gasteiger partial charge in [0.05, 0.1) is 5.56 Å². The van der Waals surface area contributed by atoms with Gasteiger partial charge in [0.25, 0.3) is 5.91 Å². The van der Waals surface area contributed by atoms with Crippen molar-refractivity contribution in [1.82, 2.24) is 10.2 Å². The average Bonchev–Trinajstić information content (AvgIpc) is 2.94. The fourth-order valence-corrected chi connectivity index (χ4v) is 3.58. The Balaban J connectivity index is 1.50. The number of likely N-dealkylation sites (tertiary alicyclic amines) is 1. The zero-order valence-electron chi connectivity index (χ0n) is 16.5. The van der Waals surface area contributed by atoms with Gasteiger partial charge in [0, 0.05) is 36.6 Å². The third-order valence-corrected chi connectivity index (χ3v) is 5.40. The van der Waals surface area contributed by atoms with Crippen molar-refractivity contribution < 1.29 is 14.3 Å². The highest BCUT2D eigenvalue weighted by Crippen LogP contribution is 2.22. The van der Waals surface area contributed by atoms with Gasteiger partial charge in [0.2, 0.25) is 5.91 Å². The standard InChI is InChI=1S/C23H27ClN2O3/c24-20-11-5-3-9-18(20)17-29-21-12-6-4-10-19(21)23(28)25-14-8-16-26-15-7-1-2-13-22(26)27/h3-6,9-12H,1-2,7-8,13-17H2,(H,25,28). The first-order valence-corrected chi connectivity index (χ1v) is 10.5. The Morgan fingerprint density at radius 2 is 1.86 bits per heavy atom. The Morgan fingerprint density at radius 3 is 2.72 bits per heavy atom. The number of hydrogen-bond donors (Lipinski definition) is 1. The molecule has 1 heterocycles. The van der Waals surface area contributed by atoms with Crippen molar-refractivity contribution in [1.29, 1.82) is 0 Å². The van der Waals surface area contributed by atoms with Gasteiger partial charge in [0.15, 0.2) is 0 Å². The summed E-state index contributed by atoms with van der Waals surface area (Å²) in [6, 6.07) is 14.7. The molecule has 1 saturated heterocycles. The summed E-state index contributed by atoms with van der Waals surface area (Å²) in [5.74, 6) is 0.571. The van der Waals surface area contributed by atoms with Crippen LogP contribution in [0.5, 0.6) is 5.75 Å². The second-order valence-electron chi connectivity index (χ2n) is 7.18. The maximum absolute atomic E-state index is 12.6. The quantitative estimate of drug-likeness (QED) is 0.649. The van der Waals surface area contributed by atoms with Crippen molar-refractivity contribution in [2.75, 3.05) is 19.6 Å². The van der Waals surface area contributed by atoms with Crippen molar-refractivity contribution in [2.24, 2.45) is 0 Å². The first-order valence-electron chi connectivity index (χ1n) is 10.2. The number of ether oxygens (including phenoxy) is 1. The van der Waals surface area contributed by atoms with Crippen LogP contribution in [0.3, 0.4) is 0 Å². The lowest BCUT2D eigenvalue weighted by molar-refractivity contribution is -0.130. The van der Waals surface area contributed by atoms with Gasteiger partial charge in [-0.25, -0.2) is 0 Å². The van der Waals surface area contributed by atoms with Crippen LogP contribution < -0.4 is 10.1 Å². The predicted molar refractivity (Wildman–Crippen MR) is 114 cm³/mol. The largest absolute Gasteiger partial charge is 0.488 e. The molecule has 0 atom stereocenters. The summed E-state index contributed by atoms with van der Waals surface area (Å²) in [5.41, 5.74) is 1.36.